The molecule has 0 radical (unpaired) electrons. The maximum Gasteiger partial charge on any atom is 0.319 e. The van der Waals surface area contributed by atoms with Crippen LogP contribution in [0.25, 0.3) is 0 Å². The van der Waals surface area contributed by atoms with Gasteiger partial charge in [0, 0.05) is 31.4 Å². The largest absolute Gasteiger partial charge is 0.366 e. The van der Waals surface area contributed by atoms with Crippen molar-refractivity contribution in [3.63, 3.8) is 0 Å². The minimum Gasteiger partial charge on any atom is -0.366 e. The number of carbonyl (C=O) groups is 1. The number of nitrogens with one attached hydrogen (secondary N) is 2. The van der Waals surface area contributed by atoms with Gasteiger partial charge in [-0.05, 0) is 43.9 Å². The van der Waals surface area contributed by atoms with Crippen LogP contribution < -0.4 is 15.5 Å². The Morgan fingerprint density at radius 1 is 1.13 bits per heavy atom. The monoisotopic (exact) mass is 413 g/mol. The highest BCUT2D eigenvalue weighted by atomic mass is 16.6. The Kier molecular flexibility index (Phi) is 6.45. The van der Waals surface area contributed by atoms with Gasteiger partial charge in [0.15, 0.2) is 0 Å². The fourth-order valence-electron chi connectivity index (χ4n) is 3.54. The average Bonchev–Trinajstić information content (AvgIpc) is 2.73. The molecule has 1 aliphatic heterocycles. The Morgan fingerprint density at radius 3 is 2.53 bits per heavy atom. The van der Waals surface area contributed by atoms with E-state index in [1.165, 1.54) is 12.1 Å². The number of piperidine rings is 1. The van der Waals surface area contributed by atoms with E-state index in [2.05, 4.69) is 10.6 Å². The Morgan fingerprint density at radius 2 is 1.87 bits per heavy atom. The summed E-state index contributed by atoms with van der Waals surface area (Å²) in [7, 11) is 0. The molecule has 0 aliphatic carbocycles. The van der Waals surface area contributed by atoms with Crippen LogP contribution >= 0.6 is 0 Å². The van der Waals surface area contributed by atoms with Gasteiger partial charge in [-0.1, -0.05) is 17.7 Å². The SMILES string of the molecule is Cc1ccc(NC(=O)NCC2CCCN(c3ccc([N+](=O)[O-])cc3[N+](=O)[O-])C2)cc1. The van der Waals surface area contributed by atoms with Crippen LogP contribution in [0.2, 0.25) is 0 Å². The van der Waals surface area contributed by atoms with Gasteiger partial charge in [0.2, 0.25) is 0 Å². The summed E-state index contributed by atoms with van der Waals surface area (Å²) in [5.74, 6) is 0.109. The predicted molar refractivity (Wildman–Crippen MR) is 113 cm³/mol. The molecule has 2 N–H and O–H groups in total. The van der Waals surface area contributed by atoms with E-state index >= 15 is 0 Å². The number of hydrogen-bond donors (Lipinski definition) is 2. The molecule has 10 heteroatoms. The van der Waals surface area contributed by atoms with Crippen LogP contribution in [0.4, 0.5) is 27.5 Å². The normalized spacial score (nSPS) is 16.0. The maximum absolute atomic E-state index is 12.1. The molecule has 1 atom stereocenters. The number of nitro groups is 2. The molecular formula is C20H23N5O5. The van der Waals surface area contributed by atoms with Gasteiger partial charge in [0.25, 0.3) is 11.4 Å². The van der Waals surface area contributed by atoms with Crippen molar-refractivity contribution in [1.29, 1.82) is 0 Å². The van der Waals surface area contributed by atoms with Crippen LogP contribution in [0.3, 0.4) is 0 Å². The number of nitrogens with zero attached hydrogens (tertiary/aromatic N) is 3. The zero-order chi connectivity index (χ0) is 21.7. The topological polar surface area (TPSA) is 131 Å². The number of hydrogen-bond acceptors (Lipinski definition) is 6. The van der Waals surface area contributed by atoms with Crippen molar-refractivity contribution in [2.24, 2.45) is 5.92 Å². The summed E-state index contributed by atoms with van der Waals surface area (Å²) >= 11 is 0. The molecule has 10 nitrogen and oxygen atoms in total. The predicted octanol–water partition coefficient (Wildman–Crippen LogP) is 3.85. The number of anilines is 2. The Hall–Kier alpha value is -3.69. The third kappa shape index (κ3) is 5.22. The second-order valence-electron chi connectivity index (χ2n) is 7.34. The van der Waals surface area contributed by atoms with Gasteiger partial charge >= 0.3 is 6.03 Å². The van der Waals surface area contributed by atoms with Crippen LogP contribution in [-0.4, -0.2) is 35.5 Å². The van der Waals surface area contributed by atoms with E-state index < -0.39 is 9.85 Å². The van der Waals surface area contributed by atoms with Gasteiger partial charge in [0.1, 0.15) is 5.69 Å². The van der Waals surface area contributed by atoms with Crippen molar-refractivity contribution >= 4 is 28.8 Å². The first kappa shape index (κ1) is 21.0. The van der Waals surface area contributed by atoms with Gasteiger partial charge in [-0.25, -0.2) is 4.79 Å². The number of amides is 2. The third-order valence-corrected chi connectivity index (χ3v) is 5.09. The molecule has 0 bridgehead atoms. The fraction of sp³-hybridized carbons (Fsp3) is 0.350. The molecule has 0 saturated carbocycles. The third-order valence-electron chi connectivity index (χ3n) is 5.09. The zero-order valence-electron chi connectivity index (χ0n) is 16.5. The second kappa shape index (κ2) is 9.21. The molecule has 1 fully saturated rings. The molecule has 2 aromatic rings. The van der Waals surface area contributed by atoms with Crippen molar-refractivity contribution < 1.29 is 14.6 Å². The molecule has 158 valence electrons. The highest BCUT2D eigenvalue weighted by Crippen LogP contribution is 2.34. The van der Waals surface area contributed by atoms with Crippen LogP contribution in [0.1, 0.15) is 18.4 Å². The van der Waals surface area contributed by atoms with Gasteiger partial charge in [-0.15, -0.1) is 0 Å². The van der Waals surface area contributed by atoms with E-state index in [1.807, 2.05) is 36.1 Å². The number of aryl methyl sites for hydroxylation is 1. The van der Waals surface area contributed by atoms with E-state index in [4.69, 9.17) is 0 Å². The first-order valence-corrected chi connectivity index (χ1v) is 9.63. The molecule has 1 unspecified atom stereocenters. The lowest BCUT2D eigenvalue weighted by Crippen LogP contribution is -2.42. The van der Waals surface area contributed by atoms with E-state index in [9.17, 15) is 25.0 Å². The van der Waals surface area contributed by atoms with Crippen molar-refractivity contribution in [1.82, 2.24) is 5.32 Å². The number of non-ortho nitro benzene ring substituents is 1. The zero-order valence-corrected chi connectivity index (χ0v) is 16.5. The molecule has 2 amide bonds. The molecule has 2 aromatic carbocycles. The summed E-state index contributed by atoms with van der Waals surface area (Å²) in [6.07, 6.45) is 1.68. The molecular weight excluding hydrogens is 390 g/mol. The minimum absolute atomic E-state index is 0.109. The van der Waals surface area contributed by atoms with E-state index in [0.29, 0.717) is 31.0 Å². The minimum atomic E-state index is -0.646. The Balaban J connectivity index is 1.61. The smallest absolute Gasteiger partial charge is 0.319 e. The highest BCUT2D eigenvalue weighted by molar-refractivity contribution is 5.89. The first-order chi connectivity index (χ1) is 14.3. The summed E-state index contributed by atoms with van der Waals surface area (Å²) in [6.45, 7) is 3.52. The molecule has 0 aromatic heterocycles. The molecule has 1 heterocycles. The number of urea groups is 1. The molecule has 30 heavy (non-hydrogen) atoms. The van der Waals surface area contributed by atoms with Gasteiger partial charge < -0.3 is 15.5 Å². The lowest BCUT2D eigenvalue weighted by Gasteiger charge is -2.34. The van der Waals surface area contributed by atoms with E-state index in [1.54, 1.807) is 0 Å². The van der Waals surface area contributed by atoms with E-state index in [0.717, 1.165) is 24.5 Å². The van der Waals surface area contributed by atoms with Gasteiger partial charge in [-0.2, -0.15) is 0 Å². The summed E-state index contributed by atoms with van der Waals surface area (Å²) < 4.78 is 0. The molecule has 3 rings (SSSR count). The Bertz CT molecular complexity index is 947. The number of carbonyl (C=O) groups excluding carboxylic acids is 1. The fourth-order valence-corrected chi connectivity index (χ4v) is 3.54. The summed E-state index contributed by atoms with van der Waals surface area (Å²) in [4.78, 5) is 35.1. The lowest BCUT2D eigenvalue weighted by atomic mass is 9.97. The van der Waals surface area contributed by atoms with Crippen LogP contribution in [-0.2, 0) is 0 Å². The number of rotatable bonds is 6. The molecule has 0 spiro atoms. The van der Waals surface area contributed by atoms with E-state index in [-0.39, 0.29) is 23.3 Å². The second-order valence-corrected chi connectivity index (χ2v) is 7.34. The standard InChI is InChI=1S/C20H23N5O5/c1-14-4-6-16(7-5-14)22-20(26)21-12-15-3-2-10-23(13-15)18-9-8-17(24(27)28)11-19(18)25(29)30/h4-9,11,15H,2-3,10,12-13H2,1H3,(H2,21,22,26). The highest BCUT2D eigenvalue weighted by Gasteiger charge is 2.27. The first-order valence-electron chi connectivity index (χ1n) is 9.63. The van der Waals surface area contributed by atoms with Crippen molar-refractivity contribution in [3.8, 4) is 0 Å². The van der Waals surface area contributed by atoms with Crippen LogP contribution in [0.15, 0.2) is 42.5 Å². The van der Waals surface area contributed by atoms with Crippen LogP contribution in [0, 0.1) is 33.1 Å². The quantitative estimate of drug-likeness (QED) is 0.546. The summed E-state index contributed by atoms with van der Waals surface area (Å²) in [5.41, 5.74) is 1.57. The van der Waals surface area contributed by atoms with Crippen LogP contribution in [0.5, 0.6) is 0 Å². The average molecular weight is 413 g/mol. The van der Waals surface area contributed by atoms with Crippen molar-refractivity contribution in [2.75, 3.05) is 29.9 Å². The summed E-state index contributed by atoms with van der Waals surface area (Å²) in [6, 6.07) is 10.9. The number of nitro benzene ring substituents is 2. The molecule has 1 saturated heterocycles. The Labute approximate surface area is 173 Å². The van der Waals surface area contributed by atoms with Crippen molar-refractivity contribution in [3.05, 3.63) is 68.3 Å². The van der Waals surface area contributed by atoms with Crippen molar-refractivity contribution in [2.45, 2.75) is 19.8 Å². The summed E-state index contributed by atoms with van der Waals surface area (Å²) in [5, 5.41) is 28.0. The molecule has 1 aliphatic rings. The lowest BCUT2D eigenvalue weighted by molar-refractivity contribution is -0.393. The van der Waals surface area contributed by atoms with Gasteiger partial charge in [-0.3, -0.25) is 20.2 Å². The maximum atomic E-state index is 12.1. The van der Waals surface area contributed by atoms with Gasteiger partial charge in [0.05, 0.1) is 15.9 Å². The number of benzene rings is 2.